The first-order valence-corrected chi connectivity index (χ1v) is 6.40. The van der Waals surface area contributed by atoms with Crippen LogP contribution in [0.25, 0.3) is 22.4 Å². The standard InChI is InChI=1S/C15H11ClN4/c16-13-9-19-8-5-11(13)12-1-2-14(17)20-15(12)10-3-6-18-7-4-10/h1-9H,(H2,17,20). The summed E-state index contributed by atoms with van der Waals surface area (Å²) >= 11 is 6.22. The Bertz CT molecular complexity index is 744. The fourth-order valence-corrected chi connectivity index (χ4v) is 2.24. The zero-order chi connectivity index (χ0) is 13.9. The van der Waals surface area contributed by atoms with Gasteiger partial charge in [0.2, 0.25) is 0 Å². The van der Waals surface area contributed by atoms with Gasteiger partial charge in [0, 0.05) is 41.5 Å². The summed E-state index contributed by atoms with van der Waals surface area (Å²) in [6.07, 6.45) is 6.76. The van der Waals surface area contributed by atoms with Crippen LogP contribution >= 0.6 is 11.6 Å². The maximum absolute atomic E-state index is 6.22. The van der Waals surface area contributed by atoms with Gasteiger partial charge in [0.15, 0.2) is 0 Å². The van der Waals surface area contributed by atoms with Gasteiger partial charge in [-0.3, -0.25) is 9.97 Å². The summed E-state index contributed by atoms with van der Waals surface area (Å²) in [5.74, 6) is 0.464. The Hall–Kier alpha value is -2.46. The van der Waals surface area contributed by atoms with Gasteiger partial charge in [-0.15, -0.1) is 0 Å². The van der Waals surface area contributed by atoms with Gasteiger partial charge in [0.25, 0.3) is 0 Å². The Morgan fingerprint density at radius 3 is 2.35 bits per heavy atom. The third-order valence-electron chi connectivity index (χ3n) is 2.93. The fraction of sp³-hybridized carbons (Fsp3) is 0. The van der Waals surface area contributed by atoms with Gasteiger partial charge in [0.05, 0.1) is 10.7 Å². The number of nitrogen functional groups attached to an aromatic ring is 1. The number of hydrogen-bond acceptors (Lipinski definition) is 4. The van der Waals surface area contributed by atoms with Crippen molar-refractivity contribution in [3.63, 3.8) is 0 Å². The van der Waals surface area contributed by atoms with E-state index in [9.17, 15) is 0 Å². The van der Waals surface area contributed by atoms with Crippen molar-refractivity contribution in [3.05, 3.63) is 60.1 Å². The molecule has 0 saturated heterocycles. The van der Waals surface area contributed by atoms with Crippen molar-refractivity contribution in [1.29, 1.82) is 0 Å². The summed E-state index contributed by atoms with van der Waals surface area (Å²) in [4.78, 5) is 12.5. The van der Waals surface area contributed by atoms with Crippen LogP contribution in [0.2, 0.25) is 5.02 Å². The van der Waals surface area contributed by atoms with E-state index in [4.69, 9.17) is 17.3 Å². The number of aromatic nitrogens is 3. The molecule has 0 fully saturated rings. The zero-order valence-electron chi connectivity index (χ0n) is 10.5. The Kier molecular flexibility index (Phi) is 3.31. The van der Waals surface area contributed by atoms with Crippen LogP contribution < -0.4 is 5.73 Å². The Morgan fingerprint density at radius 2 is 1.60 bits per heavy atom. The topological polar surface area (TPSA) is 64.7 Å². The highest BCUT2D eigenvalue weighted by molar-refractivity contribution is 6.33. The predicted octanol–water partition coefficient (Wildman–Crippen LogP) is 3.44. The van der Waals surface area contributed by atoms with Crippen LogP contribution in [0.4, 0.5) is 5.82 Å². The lowest BCUT2D eigenvalue weighted by atomic mass is 10.0. The van der Waals surface area contributed by atoms with Crippen molar-refractivity contribution in [3.8, 4) is 22.4 Å². The average Bonchev–Trinajstić information content (AvgIpc) is 2.49. The molecule has 0 amide bonds. The molecule has 0 aromatic carbocycles. The number of halogens is 1. The number of nitrogens with two attached hydrogens (primary N) is 1. The lowest BCUT2D eigenvalue weighted by molar-refractivity contribution is 1.28. The molecule has 0 atom stereocenters. The van der Waals surface area contributed by atoms with Crippen molar-refractivity contribution in [2.75, 3.05) is 5.73 Å². The molecule has 3 aromatic heterocycles. The van der Waals surface area contributed by atoms with Gasteiger partial charge in [0.1, 0.15) is 5.82 Å². The van der Waals surface area contributed by atoms with Crippen LogP contribution in [0.15, 0.2) is 55.1 Å². The van der Waals surface area contributed by atoms with E-state index >= 15 is 0 Å². The van der Waals surface area contributed by atoms with Crippen LogP contribution in [-0.4, -0.2) is 15.0 Å². The van der Waals surface area contributed by atoms with E-state index in [-0.39, 0.29) is 0 Å². The molecular formula is C15H11ClN4. The number of rotatable bonds is 2. The van der Waals surface area contributed by atoms with Gasteiger partial charge in [-0.05, 0) is 30.3 Å². The summed E-state index contributed by atoms with van der Waals surface area (Å²) in [6, 6.07) is 9.32. The fourth-order valence-electron chi connectivity index (χ4n) is 2.02. The molecule has 0 aliphatic carbocycles. The SMILES string of the molecule is Nc1ccc(-c2ccncc2Cl)c(-c2ccncc2)n1. The second-order valence-electron chi connectivity index (χ2n) is 4.22. The van der Waals surface area contributed by atoms with Gasteiger partial charge in [-0.25, -0.2) is 4.98 Å². The van der Waals surface area contributed by atoms with Crippen LogP contribution in [0, 0.1) is 0 Å². The molecule has 3 rings (SSSR count). The summed E-state index contributed by atoms with van der Waals surface area (Å²) in [5, 5.41) is 0.578. The molecular weight excluding hydrogens is 272 g/mol. The summed E-state index contributed by atoms with van der Waals surface area (Å²) in [6.45, 7) is 0. The number of hydrogen-bond donors (Lipinski definition) is 1. The largest absolute Gasteiger partial charge is 0.384 e. The normalized spacial score (nSPS) is 10.4. The highest BCUT2D eigenvalue weighted by Gasteiger charge is 2.12. The monoisotopic (exact) mass is 282 g/mol. The van der Waals surface area contributed by atoms with Crippen molar-refractivity contribution in [2.45, 2.75) is 0 Å². The maximum atomic E-state index is 6.22. The second-order valence-corrected chi connectivity index (χ2v) is 4.63. The zero-order valence-corrected chi connectivity index (χ0v) is 11.2. The third kappa shape index (κ3) is 2.33. The quantitative estimate of drug-likeness (QED) is 0.782. The van der Waals surface area contributed by atoms with E-state index in [0.717, 1.165) is 22.4 Å². The molecule has 5 heteroatoms. The van der Waals surface area contributed by atoms with E-state index < -0.39 is 0 Å². The summed E-state index contributed by atoms with van der Waals surface area (Å²) < 4.78 is 0. The third-order valence-corrected chi connectivity index (χ3v) is 3.23. The molecule has 98 valence electrons. The lowest BCUT2D eigenvalue weighted by Gasteiger charge is -2.11. The predicted molar refractivity (Wildman–Crippen MR) is 80.1 cm³/mol. The van der Waals surface area contributed by atoms with E-state index in [0.29, 0.717) is 10.8 Å². The molecule has 3 heterocycles. The highest BCUT2D eigenvalue weighted by atomic mass is 35.5. The molecule has 0 unspecified atom stereocenters. The van der Waals surface area contributed by atoms with E-state index in [2.05, 4.69) is 15.0 Å². The first kappa shape index (κ1) is 12.6. The molecule has 0 bridgehead atoms. The summed E-state index contributed by atoms with van der Waals surface area (Å²) in [7, 11) is 0. The number of anilines is 1. The maximum Gasteiger partial charge on any atom is 0.124 e. The molecule has 20 heavy (non-hydrogen) atoms. The van der Waals surface area contributed by atoms with Crippen molar-refractivity contribution < 1.29 is 0 Å². The minimum Gasteiger partial charge on any atom is -0.384 e. The van der Waals surface area contributed by atoms with Crippen molar-refractivity contribution in [2.24, 2.45) is 0 Å². The first-order valence-electron chi connectivity index (χ1n) is 6.02. The van der Waals surface area contributed by atoms with Crippen LogP contribution in [-0.2, 0) is 0 Å². The van der Waals surface area contributed by atoms with E-state index in [1.165, 1.54) is 0 Å². The Morgan fingerprint density at radius 1 is 0.850 bits per heavy atom. The number of pyridine rings is 3. The van der Waals surface area contributed by atoms with Gasteiger partial charge in [-0.1, -0.05) is 11.6 Å². The van der Waals surface area contributed by atoms with Gasteiger partial charge >= 0.3 is 0 Å². The molecule has 0 radical (unpaired) electrons. The van der Waals surface area contributed by atoms with E-state index in [1.54, 1.807) is 30.9 Å². The molecule has 3 aromatic rings. The lowest BCUT2D eigenvalue weighted by Crippen LogP contribution is -1.95. The number of nitrogens with zero attached hydrogens (tertiary/aromatic N) is 3. The average molecular weight is 283 g/mol. The van der Waals surface area contributed by atoms with Crippen LogP contribution in [0.1, 0.15) is 0 Å². The molecule has 0 aliphatic heterocycles. The van der Waals surface area contributed by atoms with Gasteiger partial charge in [-0.2, -0.15) is 0 Å². The minimum atomic E-state index is 0.464. The van der Waals surface area contributed by atoms with Crippen molar-refractivity contribution in [1.82, 2.24) is 15.0 Å². The molecule has 0 saturated carbocycles. The molecule has 2 N–H and O–H groups in total. The van der Waals surface area contributed by atoms with Crippen LogP contribution in [0.3, 0.4) is 0 Å². The van der Waals surface area contributed by atoms with Crippen molar-refractivity contribution >= 4 is 17.4 Å². The molecule has 0 aliphatic rings. The Labute approximate surface area is 121 Å². The highest BCUT2D eigenvalue weighted by Crippen LogP contribution is 2.34. The summed E-state index contributed by atoms with van der Waals surface area (Å²) in [5.41, 5.74) is 9.32. The van der Waals surface area contributed by atoms with E-state index in [1.807, 2.05) is 24.3 Å². The van der Waals surface area contributed by atoms with Crippen LogP contribution in [0.5, 0.6) is 0 Å². The first-order chi connectivity index (χ1) is 9.75. The Balaban J connectivity index is 2.25. The molecule has 0 spiro atoms. The van der Waals surface area contributed by atoms with Gasteiger partial charge < -0.3 is 5.73 Å². The smallest absolute Gasteiger partial charge is 0.124 e. The molecule has 4 nitrogen and oxygen atoms in total. The minimum absolute atomic E-state index is 0.464. The second kappa shape index (κ2) is 5.27.